The first kappa shape index (κ1) is 73.2. The van der Waals surface area contributed by atoms with E-state index in [0.717, 1.165) is 127 Å². The smallest absolute Gasteiger partial charge is 0.171 e. The SMILES string of the molecule is O=P(c1ccccc1)(c1ccccc1)c1ccc(-c2ccc3nc(-c4ccccc4)c4ccc5c(c4c3c2)-c2ccccc2C52c3ccccc3Sc3ccccc32)cc1.c1ccc(-c2nc3ccc(-c4ccc(-c5cc(-c6ccccn6)nc(-c6ccccn6)c5)cc4)cc3c3c4c(ccc23)C2(c3ccccc3Sc3ccccc32)c2ccccc2-4)cc1. The van der Waals surface area contributed by atoms with E-state index in [4.69, 9.17) is 15.0 Å². The van der Waals surface area contributed by atoms with Crippen molar-refractivity contribution in [2.45, 2.75) is 30.4 Å². The standard InChI is InChI=1S/C59H36N4S.C56H36NOPS/c1-2-14-39(15-3-1)58-43-29-30-48-57(42-16-4-5-17-45(42)59(48)46-18-6-8-22-54(46)64-55-23-9-7-19-47(55)59)56(43)44-34-40(28-31-49(44)63-58)37-24-26-38(27-25-37)41-35-52(50-20-10-12-32-60-50)62-53(36-41)51-21-11-13-33-61-51;58-59(40-18-6-2-7-19-40,41-20-8-3-9-21-41)42-31-28-37(29-32-42)39-30-35-50-45(36-39)53-44(55(57-50)38-16-4-1-5-17-38)33-34-49-54(53)43-22-10-11-23-46(43)56(49)47-24-12-14-26-51(47)60-52-27-15-13-25-48(52)56/h1-36H;1-36H. The van der Waals surface area contributed by atoms with Gasteiger partial charge in [-0.2, -0.15) is 0 Å². The largest absolute Gasteiger partial charge is 0.309 e. The maximum atomic E-state index is 15.2. The van der Waals surface area contributed by atoms with Crippen LogP contribution in [0.2, 0.25) is 0 Å². The van der Waals surface area contributed by atoms with E-state index in [9.17, 15) is 0 Å². The van der Waals surface area contributed by atoms with Gasteiger partial charge in [-0.05, 0) is 185 Å². The van der Waals surface area contributed by atoms with Gasteiger partial charge in [0.1, 0.15) is 0 Å². The molecule has 2 aliphatic carbocycles. The summed E-state index contributed by atoms with van der Waals surface area (Å²) in [4.78, 5) is 30.3. The minimum Gasteiger partial charge on any atom is -0.309 e. The number of benzene rings is 16. The molecule has 2 aliphatic heterocycles. The average Bonchev–Trinajstić information content (AvgIpc) is 1.51. The van der Waals surface area contributed by atoms with Gasteiger partial charge >= 0.3 is 0 Å². The lowest BCUT2D eigenvalue weighted by atomic mass is 9.67. The maximum Gasteiger partial charge on any atom is 0.171 e. The highest BCUT2D eigenvalue weighted by Gasteiger charge is 2.53. The van der Waals surface area contributed by atoms with E-state index in [2.05, 4.69) is 338 Å². The van der Waals surface area contributed by atoms with Gasteiger partial charge in [0.25, 0.3) is 0 Å². The van der Waals surface area contributed by atoms with Crippen LogP contribution < -0.4 is 15.9 Å². The minimum absolute atomic E-state index is 0.478. The van der Waals surface area contributed by atoms with Crippen LogP contribution in [-0.4, -0.2) is 24.9 Å². The van der Waals surface area contributed by atoms with Gasteiger partial charge in [0, 0.05) is 91.3 Å². The number of pyridine rings is 5. The summed E-state index contributed by atoms with van der Waals surface area (Å²) in [7, 11) is -3.11. The fraction of sp³-hybridized carbons (Fsp3) is 0.0174. The summed E-state index contributed by atoms with van der Waals surface area (Å²) in [6, 6.07) is 151. The average molecular weight is 1630 g/mol. The third-order valence-electron chi connectivity index (χ3n) is 25.7. The zero-order chi connectivity index (χ0) is 82.0. The Bertz CT molecular complexity index is 7740. The van der Waals surface area contributed by atoms with E-state index in [0.29, 0.717) is 0 Å². The van der Waals surface area contributed by atoms with Crippen LogP contribution >= 0.6 is 30.7 Å². The van der Waals surface area contributed by atoms with E-state index < -0.39 is 18.0 Å². The van der Waals surface area contributed by atoms with Crippen molar-refractivity contribution in [3.63, 3.8) is 0 Å². The summed E-state index contributed by atoms with van der Waals surface area (Å²) >= 11 is 3.75. The zero-order valence-electron chi connectivity index (χ0n) is 67.0. The number of fused-ring (bicyclic) bond motifs is 26. The first-order chi connectivity index (χ1) is 61.4. The van der Waals surface area contributed by atoms with Gasteiger partial charge in [0.05, 0.1) is 56.0 Å². The topological polar surface area (TPSA) is 81.5 Å². The Hall–Kier alpha value is -14.8. The summed E-state index contributed by atoms with van der Waals surface area (Å²) < 4.78 is 15.2. The quantitative estimate of drug-likeness (QED) is 0.0990. The van der Waals surface area contributed by atoms with Gasteiger partial charge in [-0.15, -0.1) is 0 Å². The molecule has 0 saturated carbocycles. The molecule has 0 N–H and O–H groups in total. The van der Waals surface area contributed by atoms with Crippen LogP contribution in [0.5, 0.6) is 0 Å². The van der Waals surface area contributed by atoms with Crippen molar-refractivity contribution in [1.29, 1.82) is 0 Å². The number of nitrogens with zero attached hydrogens (tertiary/aromatic N) is 5. The second kappa shape index (κ2) is 29.6. The van der Waals surface area contributed by atoms with Crippen LogP contribution in [0.15, 0.2) is 457 Å². The predicted molar refractivity (Wildman–Crippen MR) is 512 cm³/mol. The van der Waals surface area contributed by atoms with Gasteiger partial charge in [-0.25, -0.2) is 15.0 Å². The van der Waals surface area contributed by atoms with Gasteiger partial charge in [0.15, 0.2) is 7.14 Å². The number of hydrogen-bond donors (Lipinski definition) is 0. The summed E-state index contributed by atoms with van der Waals surface area (Å²) in [5, 5.41) is 9.45. The molecule has 7 heterocycles. The molecule has 0 amide bonds. The fourth-order valence-corrected chi connectivity index (χ4v) is 25.3. The molecule has 6 nitrogen and oxygen atoms in total. The third kappa shape index (κ3) is 11.4. The van der Waals surface area contributed by atoms with Gasteiger partial charge in [0.2, 0.25) is 0 Å². The highest BCUT2D eigenvalue weighted by Crippen LogP contribution is 2.66. The molecule has 9 heteroatoms. The lowest BCUT2D eigenvalue weighted by molar-refractivity contribution is 0.592. The molecule has 21 aromatic rings. The summed E-state index contributed by atoms with van der Waals surface area (Å²) in [6.45, 7) is 0. The van der Waals surface area contributed by atoms with Crippen LogP contribution in [-0.2, 0) is 15.4 Å². The Morgan fingerprint density at radius 1 is 0.226 bits per heavy atom. The summed E-state index contributed by atoms with van der Waals surface area (Å²) in [5.41, 5.74) is 30.6. The van der Waals surface area contributed by atoms with Crippen LogP contribution in [0, 0.1) is 0 Å². The van der Waals surface area contributed by atoms with Crippen molar-refractivity contribution in [2.75, 3.05) is 0 Å². The molecule has 16 aromatic carbocycles. The van der Waals surface area contributed by atoms with Crippen molar-refractivity contribution >= 4 is 89.9 Å². The maximum absolute atomic E-state index is 15.2. The molecular formula is C115H72N5OPS2. The molecule has 0 bridgehead atoms. The predicted octanol–water partition coefficient (Wildman–Crippen LogP) is 27.9. The molecule has 0 unspecified atom stereocenters. The Labute approximate surface area is 726 Å². The van der Waals surface area contributed by atoms with Crippen molar-refractivity contribution in [3.8, 4) is 101 Å². The van der Waals surface area contributed by atoms with E-state index in [1.54, 1.807) is 0 Å². The first-order valence-corrected chi connectivity index (χ1v) is 45.3. The molecule has 0 radical (unpaired) electrons. The normalized spacial score (nSPS) is 13.3. The molecule has 5 aromatic heterocycles. The van der Waals surface area contributed by atoms with Crippen LogP contribution in [0.4, 0.5) is 0 Å². The molecular weight excluding hydrogens is 1560 g/mol. The lowest BCUT2D eigenvalue weighted by Crippen LogP contribution is -2.31. The summed E-state index contributed by atoms with van der Waals surface area (Å²) in [5.74, 6) is 0. The van der Waals surface area contributed by atoms with E-state index in [1.165, 1.54) is 97.1 Å². The highest BCUT2D eigenvalue weighted by atomic mass is 32.2. The fourth-order valence-electron chi connectivity index (χ4n) is 20.3. The molecule has 124 heavy (non-hydrogen) atoms. The third-order valence-corrected chi connectivity index (χ3v) is 31.0. The highest BCUT2D eigenvalue weighted by molar-refractivity contribution is 7.99. The Kier molecular flexibility index (Phi) is 17.4. The van der Waals surface area contributed by atoms with Crippen LogP contribution in [0.3, 0.4) is 0 Å². The second-order valence-corrected chi connectivity index (χ2v) is 37.1. The van der Waals surface area contributed by atoms with Crippen molar-refractivity contribution in [1.82, 2.24) is 24.9 Å². The van der Waals surface area contributed by atoms with E-state index >= 15 is 4.57 Å². The Morgan fingerprint density at radius 2 is 0.556 bits per heavy atom. The molecule has 25 rings (SSSR count). The number of hydrogen-bond acceptors (Lipinski definition) is 8. The molecule has 0 atom stereocenters. The van der Waals surface area contributed by atoms with E-state index in [1.807, 2.05) is 133 Å². The Balaban J connectivity index is 0.000000140. The van der Waals surface area contributed by atoms with Crippen molar-refractivity contribution < 1.29 is 4.57 Å². The van der Waals surface area contributed by atoms with Gasteiger partial charge in [-0.1, -0.05) is 363 Å². The van der Waals surface area contributed by atoms with E-state index in [-0.39, 0.29) is 0 Å². The molecule has 2 spiro atoms. The number of rotatable bonds is 10. The van der Waals surface area contributed by atoms with Gasteiger partial charge < -0.3 is 4.57 Å². The van der Waals surface area contributed by atoms with Crippen molar-refractivity contribution in [3.05, 3.63) is 482 Å². The minimum atomic E-state index is -3.11. The monoisotopic (exact) mass is 1630 g/mol. The second-order valence-electron chi connectivity index (χ2n) is 32.2. The molecule has 4 aliphatic rings. The van der Waals surface area contributed by atoms with Gasteiger partial charge in [-0.3, -0.25) is 9.97 Å². The first-order valence-electron chi connectivity index (χ1n) is 42.0. The molecule has 0 fully saturated rings. The Morgan fingerprint density at radius 3 is 0.952 bits per heavy atom. The van der Waals surface area contributed by atoms with Crippen LogP contribution in [0.25, 0.3) is 144 Å². The summed E-state index contributed by atoms with van der Waals surface area (Å²) in [6.07, 6.45) is 3.61. The zero-order valence-corrected chi connectivity index (χ0v) is 69.5. The number of aromatic nitrogens is 5. The van der Waals surface area contributed by atoms with Crippen molar-refractivity contribution in [2.24, 2.45) is 0 Å². The molecule has 580 valence electrons. The van der Waals surface area contributed by atoms with Crippen LogP contribution in [0.1, 0.15) is 44.5 Å². The lowest BCUT2D eigenvalue weighted by Gasteiger charge is -2.39. The molecule has 0 saturated heterocycles.